The fraction of sp³-hybridized carbons (Fsp3) is 0.455. The molecule has 1 fully saturated rings. The third-order valence-electron chi connectivity index (χ3n) is 2.79. The van der Waals surface area contributed by atoms with E-state index in [1.807, 2.05) is 12.1 Å². The average Bonchev–Trinajstić information content (AvgIpc) is 2.13. The lowest BCUT2D eigenvalue weighted by Gasteiger charge is -2.41. The summed E-state index contributed by atoms with van der Waals surface area (Å²) in [5, 5.41) is 0. The lowest BCUT2D eigenvalue weighted by atomic mass is 9.76. The fourth-order valence-electron chi connectivity index (χ4n) is 1.79. The summed E-state index contributed by atoms with van der Waals surface area (Å²) in [6.45, 7) is 1.40. The molecule has 0 bridgehead atoms. The summed E-state index contributed by atoms with van der Waals surface area (Å²) < 4.78 is 17.9. The molecule has 1 nitrogen and oxygen atoms in total. The third kappa shape index (κ3) is 1.64. The lowest BCUT2D eigenvalue weighted by Crippen LogP contribution is -2.47. The highest BCUT2D eigenvalue weighted by molar-refractivity contribution is 6.17. The van der Waals surface area contributed by atoms with Gasteiger partial charge in [0, 0.05) is 11.3 Å². The zero-order valence-corrected chi connectivity index (χ0v) is 8.56. The quantitative estimate of drug-likeness (QED) is 0.703. The number of benzene rings is 1. The Morgan fingerprint density at radius 2 is 1.93 bits per heavy atom. The minimum Gasteiger partial charge on any atom is -0.379 e. The Morgan fingerprint density at radius 3 is 2.36 bits per heavy atom. The van der Waals surface area contributed by atoms with E-state index in [0.717, 1.165) is 12.0 Å². The first kappa shape index (κ1) is 9.94. The predicted octanol–water partition coefficient (Wildman–Crippen LogP) is 2.72. The largest absolute Gasteiger partial charge is 0.379 e. The van der Waals surface area contributed by atoms with Gasteiger partial charge in [-0.05, 0) is 24.1 Å². The van der Waals surface area contributed by atoms with E-state index in [1.165, 1.54) is 12.1 Å². The Kier molecular flexibility index (Phi) is 2.75. The highest BCUT2D eigenvalue weighted by Crippen LogP contribution is 2.35. The van der Waals surface area contributed by atoms with Gasteiger partial charge >= 0.3 is 0 Å². The number of halogens is 2. The summed E-state index contributed by atoms with van der Waals surface area (Å²) in [5.74, 6) is 0.413. The fourth-order valence-corrected chi connectivity index (χ4v) is 2.15. The zero-order chi connectivity index (χ0) is 10.0. The molecule has 1 aromatic rings. The smallest absolute Gasteiger partial charge is 0.123 e. The molecule has 14 heavy (non-hydrogen) atoms. The minimum absolute atomic E-state index is 0.0372. The molecule has 1 aliphatic heterocycles. The van der Waals surface area contributed by atoms with Gasteiger partial charge in [0.2, 0.25) is 0 Å². The SMILES string of the molecule is Fc1ccc(C2(CCCl)COC2)cc1. The maximum Gasteiger partial charge on any atom is 0.123 e. The molecule has 0 saturated carbocycles. The molecule has 0 aliphatic carbocycles. The van der Waals surface area contributed by atoms with Crippen molar-refractivity contribution in [3.8, 4) is 0 Å². The van der Waals surface area contributed by atoms with Crippen LogP contribution in [0.25, 0.3) is 0 Å². The third-order valence-corrected chi connectivity index (χ3v) is 2.98. The van der Waals surface area contributed by atoms with Gasteiger partial charge in [-0.1, -0.05) is 12.1 Å². The summed E-state index contributed by atoms with van der Waals surface area (Å²) in [4.78, 5) is 0. The maximum atomic E-state index is 12.7. The molecule has 3 heteroatoms. The second-order valence-electron chi connectivity index (χ2n) is 3.72. The van der Waals surface area contributed by atoms with Crippen LogP contribution in [0.2, 0.25) is 0 Å². The van der Waals surface area contributed by atoms with E-state index in [4.69, 9.17) is 16.3 Å². The molecular weight excluding hydrogens is 203 g/mol. The molecule has 0 N–H and O–H groups in total. The van der Waals surface area contributed by atoms with E-state index in [1.54, 1.807) is 0 Å². The van der Waals surface area contributed by atoms with Gasteiger partial charge in [0.15, 0.2) is 0 Å². The van der Waals surface area contributed by atoms with Crippen molar-refractivity contribution in [1.82, 2.24) is 0 Å². The summed E-state index contributed by atoms with van der Waals surface area (Å²) >= 11 is 5.75. The van der Waals surface area contributed by atoms with Crippen LogP contribution in [0, 0.1) is 5.82 Å². The van der Waals surface area contributed by atoms with Gasteiger partial charge in [-0.2, -0.15) is 0 Å². The van der Waals surface area contributed by atoms with Gasteiger partial charge in [-0.25, -0.2) is 4.39 Å². The molecular formula is C11H12ClFO. The number of hydrogen-bond acceptors (Lipinski definition) is 1. The number of ether oxygens (including phenoxy) is 1. The van der Waals surface area contributed by atoms with Crippen LogP contribution in [0.4, 0.5) is 4.39 Å². The standard InChI is InChI=1S/C11H12ClFO/c12-6-5-11(7-14-8-11)9-1-3-10(13)4-2-9/h1-4H,5-8H2. The Labute approximate surface area is 87.8 Å². The highest BCUT2D eigenvalue weighted by Gasteiger charge is 2.39. The Bertz CT molecular complexity index is 306. The first-order chi connectivity index (χ1) is 6.77. The molecule has 0 spiro atoms. The normalized spacial score (nSPS) is 19.0. The molecule has 1 aliphatic rings. The Hall–Kier alpha value is -0.600. The van der Waals surface area contributed by atoms with Gasteiger partial charge in [-0.15, -0.1) is 11.6 Å². The molecule has 76 valence electrons. The van der Waals surface area contributed by atoms with Crippen LogP contribution in [-0.4, -0.2) is 19.1 Å². The van der Waals surface area contributed by atoms with Crippen molar-refractivity contribution in [1.29, 1.82) is 0 Å². The van der Waals surface area contributed by atoms with Crippen molar-refractivity contribution in [3.05, 3.63) is 35.6 Å². The topological polar surface area (TPSA) is 9.23 Å². The van der Waals surface area contributed by atoms with Crippen LogP contribution < -0.4 is 0 Å². The van der Waals surface area contributed by atoms with Gasteiger partial charge < -0.3 is 4.74 Å². The summed E-state index contributed by atoms with van der Waals surface area (Å²) in [6, 6.07) is 6.63. The Balaban J connectivity index is 2.23. The van der Waals surface area contributed by atoms with E-state index in [9.17, 15) is 4.39 Å². The van der Waals surface area contributed by atoms with Crippen molar-refractivity contribution in [2.45, 2.75) is 11.8 Å². The highest BCUT2D eigenvalue weighted by atomic mass is 35.5. The molecule has 0 atom stereocenters. The van der Waals surface area contributed by atoms with E-state index in [2.05, 4.69) is 0 Å². The molecule has 0 aromatic heterocycles. The zero-order valence-electron chi connectivity index (χ0n) is 7.80. The monoisotopic (exact) mass is 214 g/mol. The first-order valence-electron chi connectivity index (χ1n) is 4.67. The molecule has 0 radical (unpaired) electrons. The summed E-state index contributed by atoms with van der Waals surface area (Å²) in [7, 11) is 0. The van der Waals surface area contributed by atoms with E-state index in [-0.39, 0.29) is 11.2 Å². The van der Waals surface area contributed by atoms with Crippen LogP contribution in [0.3, 0.4) is 0 Å². The molecule has 0 amide bonds. The van der Waals surface area contributed by atoms with Gasteiger partial charge in [0.05, 0.1) is 13.2 Å². The van der Waals surface area contributed by atoms with Crippen LogP contribution in [-0.2, 0) is 10.2 Å². The van der Waals surface area contributed by atoms with E-state index >= 15 is 0 Å². The number of alkyl halides is 1. The molecule has 2 rings (SSSR count). The predicted molar refractivity (Wildman–Crippen MR) is 54.2 cm³/mol. The maximum absolute atomic E-state index is 12.7. The summed E-state index contributed by atoms with van der Waals surface area (Å²) in [5.41, 5.74) is 1.17. The van der Waals surface area contributed by atoms with Crippen molar-refractivity contribution >= 4 is 11.6 Å². The van der Waals surface area contributed by atoms with E-state index < -0.39 is 0 Å². The lowest BCUT2D eigenvalue weighted by molar-refractivity contribution is -0.0616. The average molecular weight is 215 g/mol. The first-order valence-corrected chi connectivity index (χ1v) is 5.20. The van der Waals surface area contributed by atoms with Gasteiger partial charge in [-0.3, -0.25) is 0 Å². The number of rotatable bonds is 3. The Morgan fingerprint density at radius 1 is 1.29 bits per heavy atom. The molecule has 1 aromatic carbocycles. The van der Waals surface area contributed by atoms with Crippen LogP contribution in [0.1, 0.15) is 12.0 Å². The van der Waals surface area contributed by atoms with Crippen molar-refractivity contribution in [3.63, 3.8) is 0 Å². The van der Waals surface area contributed by atoms with Gasteiger partial charge in [0.25, 0.3) is 0 Å². The van der Waals surface area contributed by atoms with Crippen LogP contribution >= 0.6 is 11.6 Å². The molecule has 0 unspecified atom stereocenters. The molecule has 1 saturated heterocycles. The number of hydrogen-bond donors (Lipinski definition) is 0. The van der Waals surface area contributed by atoms with Crippen LogP contribution in [0.5, 0.6) is 0 Å². The van der Waals surface area contributed by atoms with Crippen molar-refractivity contribution < 1.29 is 9.13 Å². The second kappa shape index (κ2) is 3.87. The van der Waals surface area contributed by atoms with Crippen LogP contribution in [0.15, 0.2) is 24.3 Å². The minimum atomic E-state index is -0.199. The van der Waals surface area contributed by atoms with Gasteiger partial charge in [0.1, 0.15) is 5.82 Å². The molecule has 1 heterocycles. The van der Waals surface area contributed by atoms with Crippen molar-refractivity contribution in [2.75, 3.05) is 19.1 Å². The van der Waals surface area contributed by atoms with E-state index in [0.29, 0.717) is 19.1 Å². The summed E-state index contributed by atoms with van der Waals surface area (Å²) in [6.07, 6.45) is 0.889. The van der Waals surface area contributed by atoms with Crippen molar-refractivity contribution in [2.24, 2.45) is 0 Å². The second-order valence-corrected chi connectivity index (χ2v) is 4.10.